The molecular weight excluding hydrogens is 276 g/mol. The molecule has 0 radical (unpaired) electrons. The number of rotatable bonds is 3. The van der Waals surface area contributed by atoms with Crippen molar-refractivity contribution >= 4 is 21.6 Å². The molecule has 1 fully saturated rings. The van der Waals surface area contributed by atoms with Crippen molar-refractivity contribution in [2.24, 2.45) is 11.7 Å². The van der Waals surface area contributed by atoms with Crippen LogP contribution in [0, 0.1) is 5.92 Å². The lowest BCUT2D eigenvalue weighted by molar-refractivity contribution is 0.272. The summed E-state index contributed by atoms with van der Waals surface area (Å²) in [7, 11) is 0. The molecule has 1 aromatic rings. The summed E-state index contributed by atoms with van der Waals surface area (Å²) in [6, 6.07) is 8.33. The highest BCUT2D eigenvalue weighted by Crippen LogP contribution is 2.34. The summed E-state index contributed by atoms with van der Waals surface area (Å²) in [6.45, 7) is 3.05. The zero-order valence-electron chi connectivity index (χ0n) is 10.4. The summed E-state index contributed by atoms with van der Waals surface area (Å²) in [6.07, 6.45) is 4.91. The van der Waals surface area contributed by atoms with E-state index in [1.54, 1.807) is 0 Å². The first-order valence-corrected chi connectivity index (χ1v) is 7.17. The lowest BCUT2D eigenvalue weighted by atomic mass is 9.77. The molecule has 17 heavy (non-hydrogen) atoms. The van der Waals surface area contributed by atoms with Crippen LogP contribution in [0.1, 0.15) is 32.6 Å². The van der Waals surface area contributed by atoms with Crippen LogP contribution in [0.4, 0.5) is 5.69 Å². The Hall–Kier alpha value is -0.540. The van der Waals surface area contributed by atoms with Crippen molar-refractivity contribution in [1.29, 1.82) is 0 Å². The molecule has 1 aliphatic rings. The Kier molecular flexibility index (Phi) is 4.10. The van der Waals surface area contributed by atoms with Crippen molar-refractivity contribution in [3.8, 4) is 0 Å². The number of nitrogens with two attached hydrogens (primary N) is 1. The van der Waals surface area contributed by atoms with Gasteiger partial charge in [0.05, 0.1) is 0 Å². The lowest BCUT2D eigenvalue weighted by Crippen LogP contribution is -2.48. The Morgan fingerprint density at radius 2 is 2.12 bits per heavy atom. The van der Waals surface area contributed by atoms with E-state index in [1.807, 2.05) is 6.07 Å². The third kappa shape index (κ3) is 3.23. The topological polar surface area (TPSA) is 38.0 Å². The van der Waals surface area contributed by atoms with Crippen LogP contribution in [0.15, 0.2) is 28.7 Å². The van der Waals surface area contributed by atoms with Crippen molar-refractivity contribution in [2.75, 3.05) is 11.9 Å². The van der Waals surface area contributed by atoms with Gasteiger partial charge >= 0.3 is 0 Å². The number of hydrogen-bond donors (Lipinski definition) is 2. The fraction of sp³-hybridized carbons (Fsp3) is 0.571. The smallest absolute Gasteiger partial charge is 0.0495 e. The van der Waals surface area contributed by atoms with Gasteiger partial charge in [-0.2, -0.15) is 0 Å². The molecule has 2 rings (SSSR count). The monoisotopic (exact) mass is 296 g/mol. The third-order valence-electron chi connectivity index (χ3n) is 3.86. The van der Waals surface area contributed by atoms with Crippen molar-refractivity contribution in [1.82, 2.24) is 0 Å². The minimum absolute atomic E-state index is 0.104. The second kappa shape index (κ2) is 5.40. The van der Waals surface area contributed by atoms with E-state index in [0.717, 1.165) is 10.4 Å². The Bertz CT molecular complexity index is 370. The van der Waals surface area contributed by atoms with Gasteiger partial charge in [0.15, 0.2) is 0 Å². The molecule has 2 nitrogen and oxygen atoms in total. The largest absolute Gasteiger partial charge is 0.378 e. The third-order valence-corrected chi connectivity index (χ3v) is 4.35. The second-order valence-corrected chi connectivity index (χ2v) is 6.22. The first-order chi connectivity index (χ1) is 8.13. The van der Waals surface area contributed by atoms with Gasteiger partial charge in [0, 0.05) is 22.2 Å². The number of nitrogens with one attached hydrogen (secondary N) is 1. The summed E-state index contributed by atoms with van der Waals surface area (Å²) in [5, 5.41) is 3.65. The van der Waals surface area contributed by atoms with E-state index in [-0.39, 0.29) is 5.54 Å². The Labute approximate surface area is 112 Å². The molecule has 1 aromatic carbocycles. The summed E-state index contributed by atoms with van der Waals surface area (Å²) in [4.78, 5) is 0. The minimum atomic E-state index is 0.104. The van der Waals surface area contributed by atoms with Gasteiger partial charge in [-0.1, -0.05) is 28.9 Å². The van der Waals surface area contributed by atoms with Crippen LogP contribution in [0.25, 0.3) is 0 Å². The van der Waals surface area contributed by atoms with E-state index in [1.165, 1.54) is 31.4 Å². The first-order valence-electron chi connectivity index (χ1n) is 6.37. The maximum absolute atomic E-state index is 6.00. The highest BCUT2D eigenvalue weighted by molar-refractivity contribution is 9.10. The Morgan fingerprint density at radius 1 is 1.41 bits per heavy atom. The molecule has 1 aliphatic carbocycles. The molecule has 0 aliphatic heterocycles. The van der Waals surface area contributed by atoms with Gasteiger partial charge in [0.25, 0.3) is 0 Å². The first kappa shape index (κ1) is 12.9. The van der Waals surface area contributed by atoms with Gasteiger partial charge < -0.3 is 11.1 Å². The Morgan fingerprint density at radius 3 is 2.71 bits per heavy atom. The summed E-state index contributed by atoms with van der Waals surface area (Å²) in [5.74, 6) is 0.846. The molecule has 94 valence electrons. The molecule has 3 heteroatoms. The minimum Gasteiger partial charge on any atom is -0.378 e. The summed E-state index contributed by atoms with van der Waals surface area (Å²) in [5.41, 5.74) is 7.27. The van der Waals surface area contributed by atoms with Crippen molar-refractivity contribution in [2.45, 2.75) is 38.1 Å². The molecule has 0 spiro atoms. The maximum atomic E-state index is 6.00. The van der Waals surface area contributed by atoms with Crippen LogP contribution in [0.2, 0.25) is 0 Å². The van der Waals surface area contributed by atoms with Gasteiger partial charge in [-0.05, 0) is 49.8 Å². The average molecular weight is 297 g/mol. The van der Waals surface area contributed by atoms with E-state index in [9.17, 15) is 0 Å². The van der Waals surface area contributed by atoms with Crippen LogP contribution in [0.5, 0.6) is 0 Å². The van der Waals surface area contributed by atoms with E-state index in [0.29, 0.717) is 6.54 Å². The molecule has 0 saturated heterocycles. The van der Waals surface area contributed by atoms with Gasteiger partial charge in [0.2, 0.25) is 0 Å². The van der Waals surface area contributed by atoms with Crippen LogP contribution in [-0.4, -0.2) is 12.1 Å². The molecule has 0 aromatic heterocycles. The molecule has 0 heterocycles. The van der Waals surface area contributed by atoms with Gasteiger partial charge in [-0.15, -0.1) is 0 Å². The van der Waals surface area contributed by atoms with E-state index >= 15 is 0 Å². The van der Waals surface area contributed by atoms with Crippen LogP contribution < -0.4 is 11.1 Å². The van der Waals surface area contributed by atoms with E-state index < -0.39 is 0 Å². The molecule has 0 unspecified atom stereocenters. The second-order valence-electron chi connectivity index (χ2n) is 5.30. The molecule has 1 saturated carbocycles. The van der Waals surface area contributed by atoms with E-state index in [4.69, 9.17) is 5.73 Å². The van der Waals surface area contributed by atoms with Crippen molar-refractivity contribution in [3.63, 3.8) is 0 Å². The number of benzene rings is 1. The zero-order valence-corrected chi connectivity index (χ0v) is 12.0. The van der Waals surface area contributed by atoms with Gasteiger partial charge in [0.1, 0.15) is 0 Å². The lowest BCUT2D eigenvalue weighted by Gasteiger charge is -2.40. The molecule has 0 bridgehead atoms. The van der Waals surface area contributed by atoms with Crippen molar-refractivity contribution in [3.05, 3.63) is 28.7 Å². The predicted molar refractivity (Wildman–Crippen MR) is 77.2 cm³/mol. The van der Waals surface area contributed by atoms with Crippen LogP contribution in [-0.2, 0) is 0 Å². The zero-order chi connectivity index (χ0) is 12.3. The fourth-order valence-corrected chi connectivity index (χ4v) is 2.97. The number of hydrogen-bond acceptors (Lipinski definition) is 2. The van der Waals surface area contributed by atoms with Gasteiger partial charge in [-0.25, -0.2) is 0 Å². The maximum Gasteiger partial charge on any atom is 0.0495 e. The average Bonchev–Trinajstić information content (AvgIpc) is 2.33. The SMILES string of the molecule is CC1CCC(CN)(Nc2cccc(Br)c2)CC1. The highest BCUT2D eigenvalue weighted by Gasteiger charge is 2.32. The Balaban J connectivity index is 2.09. The number of halogens is 1. The normalized spacial score (nSPS) is 29.0. The summed E-state index contributed by atoms with van der Waals surface area (Å²) < 4.78 is 1.11. The van der Waals surface area contributed by atoms with Crippen LogP contribution in [0.3, 0.4) is 0 Å². The fourth-order valence-electron chi connectivity index (χ4n) is 2.57. The molecule has 3 N–H and O–H groups in total. The predicted octanol–water partition coefficient (Wildman–Crippen LogP) is 3.77. The van der Waals surface area contributed by atoms with Gasteiger partial charge in [-0.3, -0.25) is 0 Å². The van der Waals surface area contributed by atoms with E-state index in [2.05, 4.69) is 46.4 Å². The summed E-state index contributed by atoms with van der Waals surface area (Å²) >= 11 is 3.50. The van der Waals surface area contributed by atoms with Crippen LogP contribution >= 0.6 is 15.9 Å². The standard InChI is InChI=1S/C14H21BrN2/c1-11-5-7-14(10-16,8-6-11)17-13-4-2-3-12(15)9-13/h2-4,9,11,17H,5-8,10,16H2,1H3. The molecule has 0 atom stereocenters. The molecular formula is C14H21BrN2. The quantitative estimate of drug-likeness (QED) is 0.891. The van der Waals surface area contributed by atoms with Crippen molar-refractivity contribution < 1.29 is 0 Å². The molecule has 0 amide bonds. The number of anilines is 1. The highest BCUT2D eigenvalue weighted by atomic mass is 79.9.